The Morgan fingerprint density at radius 2 is 1.68 bits per heavy atom. The Hall–Kier alpha value is -2.49. The first-order valence-electron chi connectivity index (χ1n) is 8.74. The van der Waals surface area contributed by atoms with Crippen LogP contribution < -0.4 is 0 Å². The number of rotatable bonds is 9. The third-order valence-corrected chi connectivity index (χ3v) is 5.99. The van der Waals surface area contributed by atoms with Gasteiger partial charge in [-0.25, -0.2) is 13.2 Å². The highest BCUT2D eigenvalue weighted by atomic mass is 32.2. The van der Waals surface area contributed by atoms with Crippen molar-refractivity contribution in [2.24, 2.45) is 0 Å². The van der Waals surface area contributed by atoms with Gasteiger partial charge in [0.2, 0.25) is 10.0 Å². The van der Waals surface area contributed by atoms with Crippen molar-refractivity contribution in [1.82, 2.24) is 9.21 Å². The first kappa shape index (κ1) is 21.8. The van der Waals surface area contributed by atoms with Gasteiger partial charge in [-0.3, -0.25) is 4.79 Å². The summed E-state index contributed by atoms with van der Waals surface area (Å²) in [5.74, 6) is -1.08. The minimum Gasteiger partial charge on any atom is -0.452 e. The van der Waals surface area contributed by atoms with Gasteiger partial charge in [0.25, 0.3) is 5.91 Å². The van der Waals surface area contributed by atoms with Crippen LogP contribution in [0.5, 0.6) is 0 Å². The predicted octanol–water partition coefficient (Wildman–Crippen LogP) is 1.06. The van der Waals surface area contributed by atoms with Crippen molar-refractivity contribution in [3.8, 4) is 0 Å². The maximum Gasteiger partial charge on any atom is 0.338 e. The average molecular weight is 408 g/mol. The number of amides is 1. The molecule has 2 rings (SSSR count). The van der Waals surface area contributed by atoms with Crippen molar-refractivity contribution >= 4 is 21.9 Å². The van der Waals surface area contributed by atoms with Crippen LogP contribution in [-0.4, -0.2) is 75.5 Å². The molecule has 0 atom stereocenters. The lowest BCUT2D eigenvalue weighted by molar-refractivity contribution is -0.133. The molecule has 152 valence electrons. The second kappa shape index (κ2) is 10.2. The Morgan fingerprint density at radius 3 is 2.21 bits per heavy atom. The van der Waals surface area contributed by atoms with Crippen LogP contribution in [-0.2, 0) is 24.3 Å². The molecule has 0 spiro atoms. The summed E-state index contributed by atoms with van der Waals surface area (Å²) in [6, 6.07) is 5.44. The van der Waals surface area contributed by atoms with Crippen LogP contribution in [0.1, 0.15) is 10.4 Å². The SMILES string of the molecule is C=CCN(CC=C)C(=O)COC(=O)c1ccc(S(=O)(=O)N2CCOCC2)cc1. The van der Waals surface area contributed by atoms with Crippen molar-refractivity contribution in [2.45, 2.75) is 4.90 Å². The molecule has 0 radical (unpaired) electrons. The number of sulfonamides is 1. The number of hydrogen-bond donors (Lipinski definition) is 0. The second-order valence-electron chi connectivity index (χ2n) is 5.99. The quantitative estimate of drug-likeness (QED) is 0.448. The van der Waals surface area contributed by atoms with Crippen LogP contribution >= 0.6 is 0 Å². The number of esters is 1. The first-order chi connectivity index (χ1) is 13.4. The van der Waals surface area contributed by atoms with Crippen LogP contribution in [0.4, 0.5) is 0 Å². The van der Waals surface area contributed by atoms with Gasteiger partial charge in [0.1, 0.15) is 0 Å². The van der Waals surface area contributed by atoms with Gasteiger partial charge in [-0.15, -0.1) is 13.2 Å². The molecule has 0 aromatic heterocycles. The molecule has 1 amide bonds. The zero-order valence-corrected chi connectivity index (χ0v) is 16.4. The molecule has 9 heteroatoms. The lowest BCUT2D eigenvalue weighted by Crippen LogP contribution is -2.40. The Labute approximate surface area is 165 Å². The Morgan fingerprint density at radius 1 is 1.11 bits per heavy atom. The Kier molecular flexibility index (Phi) is 7.91. The number of hydrogen-bond acceptors (Lipinski definition) is 6. The molecule has 1 aromatic carbocycles. The molecule has 0 aliphatic carbocycles. The maximum atomic E-state index is 12.6. The number of carbonyl (C=O) groups is 2. The molecule has 0 saturated carbocycles. The van der Waals surface area contributed by atoms with E-state index in [0.29, 0.717) is 39.4 Å². The van der Waals surface area contributed by atoms with Crippen LogP contribution in [0.25, 0.3) is 0 Å². The summed E-state index contributed by atoms with van der Waals surface area (Å²) in [7, 11) is -3.63. The van der Waals surface area contributed by atoms with Gasteiger partial charge in [0, 0.05) is 26.2 Å². The van der Waals surface area contributed by atoms with E-state index in [4.69, 9.17) is 9.47 Å². The Bertz CT molecular complexity index is 803. The van der Waals surface area contributed by atoms with Gasteiger partial charge in [0.05, 0.1) is 23.7 Å². The van der Waals surface area contributed by atoms with E-state index >= 15 is 0 Å². The predicted molar refractivity (Wildman–Crippen MR) is 103 cm³/mol. The van der Waals surface area contributed by atoms with Crippen molar-refractivity contribution < 1.29 is 27.5 Å². The summed E-state index contributed by atoms with van der Waals surface area (Å²) in [6.07, 6.45) is 3.13. The summed E-state index contributed by atoms with van der Waals surface area (Å²) < 4.78 is 36.7. The number of benzene rings is 1. The van der Waals surface area contributed by atoms with Crippen LogP contribution in [0.15, 0.2) is 54.5 Å². The molecule has 1 aromatic rings. The smallest absolute Gasteiger partial charge is 0.338 e. The van der Waals surface area contributed by atoms with E-state index in [9.17, 15) is 18.0 Å². The van der Waals surface area contributed by atoms with E-state index in [0.717, 1.165) is 0 Å². The van der Waals surface area contributed by atoms with Gasteiger partial charge in [-0.05, 0) is 24.3 Å². The normalized spacial score (nSPS) is 14.9. The largest absolute Gasteiger partial charge is 0.452 e. The van der Waals surface area contributed by atoms with Crippen molar-refractivity contribution in [3.05, 3.63) is 55.1 Å². The van der Waals surface area contributed by atoms with Gasteiger partial charge in [0.15, 0.2) is 6.61 Å². The summed E-state index contributed by atoms with van der Waals surface area (Å²) in [4.78, 5) is 25.7. The first-order valence-corrected chi connectivity index (χ1v) is 10.2. The number of carbonyl (C=O) groups excluding carboxylic acids is 2. The van der Waals surface area contributed by atoms with E-state index in [1.165, 1.54) is 33.5 Å². The van der Waals surface area contributed by atoms with E-state index < -0.39 is 22.6 Å². The van der Waals surface area contributed by atoms with Gasteiger partial charge in [-0.2, -0.15) is 4.31 Å². The Balaban J connectivity index is 1.98. The van der Waals surface area contributed by atoms with E-state index in [1.807, 2.05) is 0 Å². The zero-order valence-electron chi connectivity index (χ0n) is 15.6. The van der Waals surface area contributed by atoms with Crippen molar-refractivity contribution in [3.63, 3.8) is 0 Å². The van der Waals surface area contributed by atoms with Crippen LogP contribution in [0.3, 0.4) is 0 Å². The molecule has 8 nitrogen and oxygen atoms in total. The highest BCUT2D eigenvalue weighted by molar-refractivity contribution is 7.89. The fourth-order valence-corrected chi connectivity index (χ4v) is 4.00. The molecule has 1 fully saturated rings. The fourth-order valence-electron chi connectivity index (χ4n) is 2.59. The standard InChI is InChI=1S/C19H24N2O6S/c1-3-9-20(10-4-2)18(22)15-27-19(23)16-5-7-17(8-6-16)28(24,25)21-11-13-26-14-12-21/h3-8H,1-2,9-15H2. The molecule has 1 heterocycles. The van der Waals surface area contributed by atoms with Crippen LogP contribution in [0, 0.1) is 0 Å². The van der Waals surface area contributed by atoms with Gasteiger partial charge >= 0.3 is 5.97 Å². The lowest BCUT2D eigenvalue weighted by Gasteiger charge is -2.26. The highest BCUT2D eigenvalue weighted by Crippen LogP contribution is 2.18. The highest BCUT2D eigenvalue weighted by Gasteiger charge is 2.26. The van der Waals surface area contributed by atoms with Gasteiger partial charge in [-0.1, -0.05) is 12.2 Å². The molecule has 0 N–H and O–H groups in total. The monoisotopic (exact) mass is 408 g/mol. The van der Waals surface area contributed by atoms with Crippen LogP contribution in [0.2, 0.25) is 0 Å². The maximum absolute atomic E-state index is 12.6. The summed E-state index contributed by atoms with van der Waals surface area (Å²) >= 11 is 0. The zero-order chi connectivity index (χ0) is 20.6. The molecular formula is C19H24N2O6S. The third kappa shape index (κ3) is 5.51. The van der Waals surface area contributed by atoms with E-state index in [1.54, 1.807) is 12.2 Å². The lowest BCUT2D eigenvalue weighted by atomic mass is 10.2. The summed E-state index contributed by atoms with van der Waals surface area (Å²) in [5, 5.41) is 0. The molecule has 0 bridgehead atoms. The van der Waals surface area contributed by atoms with Crippen molar-refractivity contribution in [1.29, 1.82) is 0 Å². The molecule has 28 heavy (non-hydrogen) atoms. The molecule has 1 saturated heterocycles. The number of morpholine rings is 1. The minimum absolute atomic E-state index is 0.0881. The fraction of sp³-hybridized carbons (Fsp3) is 0.368. The topological polar surface area (TPSA) is 93.2 Å². The summed E-state index contributed by atoms with van der Waals surface area (Å²) in [5.41, 5.74) is 0.160. The van der Waals surface area contributed by atoms with E-state index in [-0.39, 0.29) is 16.4 Å². The van der Waals surface area contributed by atoms with Crippen molar-refractivity contribution in [2.75, 3.05) is 46.0 Å². The number of ether oxygens (including phenoxy) is 2. The minimum atomic E-state index is -3.63. The average Bonchev–Trinajstić information content (AvgIpc) is 2.72. The molecule has 0 unspecified atom stereocenters. The summed E-state index contributed by atoms with van der Waals surface area (Å²) in [6.45, 7) is 8.65. The van der Waals surface area contributed by atoms with Gasteiger partial charge < -0.3 is 14.4 Å². The molecule has 1 aliphatic heterocycles. The molecule has 1 aliphatic rings. The number of nitrogens with zero attached hydrogens (tertiary/aromatic N) is 2. The molecular weight excluding hydrogens is 384 g/mol. The third-order valence-electron chi connectivity index (χ3n) is 4.08. The van der Waals surface area contributed by atoms with E-state index in [2.05, 4.69) is 13.2 Å². The second-order valence-corrected chi connectivity index (χ2v) is 7.93.